The Bertz CT molecular complexity index is 967. The molecule has 1 atom stereocenters. The number of amides is 3. The number of ether oxygens (including phenoxy) is 1. The Morgan fingerprint density at radius 2 is 1.67 bits per heavy atom. The van der Waals surface area contributed by atoms with Crippen LogP contribution in [0.5, 0.6) is 0 Å². The lowest BCUT2D eigenvalue weighted by atomic mass is 9.90. The molecule has 2 aromatic rings. The molecule has 0 saturated carbocycles. The van der Waals surface area contributed by atoms with Crippen LogP contribution in [0.2, 0.25) is 0 Å². The molecule has 0 bridgehead atoms. The molecule has 172 valence electrons. The Balaban J connectivity index is 1.51. The summed E-state index contributed by atoms with van der Waals surface area (Å²) in [7, 11) is 0. The van der Waals surface area contributed by atoms with Gasteiger partial charge in [0.15, 0.2) is 0 Å². The zero-order chi connectivity index (χ0) is 23.5. The molecule has 0 radical (unpaired) electrons. The number of benzene rings is 2. The lowest BCUT2D eigenvalue weighted by molar-refractivity contribution is -0.123. The largest absolute Gasteiger partial charge is 0.445 e. The highest BCUT2D eigenvalue weighted by molar-refractivity contribution is 5.97. The van der Waals surface area contributed by atoms with Crippen molar-refractivity contribution < 1.29 is 19.1 Å². The lowest BCUT2D eigenvalue weighted by Gasteiger charge is -2.33. The normalized spacial score (nSPS) is 14.6. The van der Waals surface area contributed by atoms with Gasteiger partial charge in [0.05, 0.1) is 6.07 Å². The molecule has 0 spiro atoms. The lowest BCUT2D eigenvalue weighted by Crippen LogP contribution is -2.49. The molecule has 2 N–H and O–H groups in total. The van der Waals surface area contributed by atoms with Crippen LogP contribution in [0.4, 0.5) is 4.79 Å². The van der Waals surface area contributed by atoms with Gasteiger partial charge in [0.25, 0.3) is 5.91 Å². The predicted octanol–water partition coefficient (Wildman–Crippen LogP) is 2.86. The van der Waals surface area contributed by atoms with E-state index in [9.17, 15) is 14.4 Å². The predicted molar refractivity (Wildman–Crippen MR) is 122 cm³/mol. The van der Waals surface area contributed by atoms with Gasteiger partial charge in [-0.05, 0) is 42.9 Å². The zero-order valence-corrected chi connectivity index (χ0v) is 18.4. The van der Waals surface area contributed by atoms with Crippen LogP contribution in [0, 0.1) is 17.2 Å². The summed E-state index contributed by atoms with van der Waals surface area (Å²) in [6, 6.07) is 19.3. The number of hydrogen-bond acceptors (Lipinski definition) is 5. The van der Waals surface area contributed by atoms with E-state index in [1.54, 1.807) is 29.2 Å². The minimum Gasteiger partial charge on any atom is -0.445 e. The topological polar surface area (TPSA) is 112 Å². The van der Waals surface area contributed by atoms with Crippen molar-refractivity contribution in [3.8, 4) is 6.07 Å². The second-order valence-electron chi connectivity index (χ2n) is 7.97. The maximum absolute atomic E-state index is 12.6. The summed E-state index contributed by atoms with van der Waals surface area (Å²) < 4.78 is 5.40. The summed E-state index contributed by atoms with van der Waals surface area (Å²) >= 11 is 0. The fourth-order valence-corrected chi connectivity index (χ4v) is 3.81. The summed E-state index contributed by atoms with van der Waals surface area (Å²) in [4.78, 5) is 39.2. The first-order valence-corrected chi connectivity index (χ1v) is 11.0. The highest BCUT2D eigenvalue weighted by atomic mass is 16.6. The van der Waals surface area contributed by atoms with Gasteiger partial charge in [0.1, 0.15) is 19.2 Å². The summed E-state index contributed by atoms with van der Waals surface area (Å²) in [5, 5.41) is 14.1. The first-order chi connectivity index (χ1) is 16.1. The number of rotatable bonds is 8. The van der Waals surface area contributed by atoms with Crippen LogP contribution in [-0.2, 0) is 16.1 Å². The molecule has 1 fully saturated rings. The fraction of sp³-hybridized carbons (Fsp3) is 0.360. The number of nitrogens with one attached hydrogen (secondary N) is 2. The summed E-state index contributed by atoms with van der Waals surface area (Å²) in [5.41, 5.74) is 1.40. The molecule has 3 amide bonds. The van der Waals surface area contributed by atoms with E-state index in [4.69, 9.17) is 10.00 Å². The quantitative estimate of drug-likeness (QED) is 0.603. The Morgan fingerprint density at radius 1 is 1.03 bits per heavy atom. The van der Waals surface area contributed by atoms with E-state index in [2.05, 4.69) is 10.6 Å². The molecule has 1 saturated heterocycles. The molecule has 1 aliphatic rings. The second kappa shape index (κ2) is 12.2. The monoisotopic (exact) mass is 448 g/mol. The van der Waals surface area contributed by atoms with Gasteiger partial charge in [0.2, 0.25) is 5.91 Å². The van der Waals surface area contributed by atoms with Crippen LogP contribution in [0.1, 0.15) is 35.2 Å². The molecule has 0 aromatic heterocycles. The van der Waals surface area contributed by atoms with Crippen molar-refractivity contribution >= 4 is 17.9 Å². The third kappa shape index (κ3) is 7.35. The highest BCUT2D eigenvalue weighted by Gasteiger charge is 2.29. The van der Waals surface area contributed by atoms with E-state index in [0.29, 0.717) is 37.9 Å². The third-order valence-electron chi connectivity index (χ3n) is 5.65. The SMILES string of the molecule is N#CCNC(=O)[C@H](CC1CCN(C(=O)OCc2ccccc2)CC1)NC(=O)c1ccccc1. The smallest absolute Gasteiger partial charge is 0.410 e. The summed E-state index contributed by atoms with van der Waals surface area (Å²) in [6.07, 6.45) is 1.48. The fourth-order valence-electron chi connectivity index (χ4n) is 3.81. The van der Waals surface area contributed by atoms with E-state index >= 15 is 0 Å². The maximum atomic E-state index is 12.6. The van der Waals surface area contributed by atoms with Crippen LogP contribution in [0.3, 0.4) is 0 Å². The average Bonchev–Trinajstić information content (AvgIpc) is 2.87. The van der Waals surface area contributed by atoms with Gasteiger partial charge in [-0.3, -0.25) is 9.59 Å². The van der Waals surface area contributed by atoms with Crippen LogP contribution in [0.15, 0.2) is 60.7 Å². The molecule has 8 heteroatoms. The van der Waals surface area contributed by atoms with Gasteiger partial charge < -0.3 is 20.3 Å². The molecular weight excluding hydrogens is 420 g/mol. The number of carbonyl (C=O) groups excluding carboxylic acids is 3. The van der Waals surface area contributed by atoms with Crippen molar-refractivity contribution in [2.24, 2.45) is 5.92 Å². The number of hydrogen-bond donors (Lipinski definition) is 2. The van der Waals surface area contributed by atoms with Gasteiger partial charge >= 0.3 is 6.09 Å². The summed E-state index contributed by atoms with van der Waals surface area (Å²) in [5.74, 6) is -0.572. The highest BCUT2D eigenvalue weighted by Crippen LogP contribution is 2.23. The summed E-state index contributed by atoms with van der Waals surface area (Å²) in [6.45, 7) is 1.16. The average molecular weight is 449 g/mol. The van der Waals surface area contributed by atoms with Gasteiger partial charge in [-0.25, -0.2) is 4.79 Å². The Morgan fingerprint density at radius 3 is 2.30 bits per heavy atom. The van der Waals surface area contributed by atoms with Gasteiger partial charge in [-0.1, -0.05) is 48.5 Å². The van der Waals surface area contributed by atoms with Crippen molar-refractivity contribution in [1.82, 2.24) is 15.5 Å². The minimum absolute atomic E-state index is 0.123. The second-order valence-corrected chi connectivity index (χ2v) is 7.97. The van der Waals surface area contributed by atoms with Crippen molar-refractivity contribution in [2.75, 3.05) is 19.6 Å². The number of likely N-dealkylation sites (tertiary alicyclic amines) is 1. The maximum Gasteiger partial charge on any atom is 0.410 e. The van der Waals surface area contributed by atoms with Crippen molar-refractivity contribution in [2.45, 2.75) is 31.9 Å². The molecule has 0 unspecified atom stereocenters. The van der Waals surface area contributed by atoms with Crippen LogP contribution >= 0.6 is 0 Å². The van der Waals surface area contributed by atoms with Crippen LogP contribution in [0.25, 0.3) is 0 Å². The number of piperidine rings is 1. The number of nitriles is 1. The van der Waals surface area contributed by atoms with E-state index in [-0.39, 0.29) is 37.0 Å². The molecule has 1 aliphatic heterocycles. The van der Waals surface area contributed by atoms with E-state index in [1.807, 2.05) is 42.5 Å². The zero-order valence-electron chi connectivity index (χ0n) is 18.4. The first-order valence-electron chi connectivity index (χ1n) is 11.0. The van der Waals surface area contributed by atoms with E-state index < -0.39 is 6.04 Å². The number of nitrogens with zero attached hydrogens (tertiary/aromatic N) is 2. The standard InChI is InChI=1S/C25H28N4O4/c26-13-14-27-24(31)22(28-23(30)21-9-5-2-6-10-21)17-19-11-15-29(16-12-19)25(32)33-18-20-7-3-1-4-8-20/h1-10,19,22H,11-12,14-18H2,(H,27,31)(H,28,30)/t22-/m0/s1. The van der Waals surface area contributed by atoms with E-state index in [1.165, 1.54) is 0 Å². The Kier molecular flexibility index (Phi) is 8.83. The molecule has 1 heterocycles. The molecule has 3 rings (SSSR count). The van der Waals surface area contributed by atoms with Gasteiger partial charge in [-0.15, -0.1) is 0 Å². The van der Waals surface area contributed by atoms with Crippen molar-refractivity contribution in [1.29, 1.82) is 5.26 Å². The first kappa shape index (κ1) is 23.8. The van der Waals surface area contributed by atoms with Gasteiger partial charge in [-0.2, -0.15) is 5.26 Å². The van der Waals surface area contributed by atoms with Crippen molar-refractivity contribution in [3.05, 3.63) is 71.8 Å². The molecule has 8 nitrogen and oxygen atoms in total. The van der Waals surface area contributed by atoms with Crippen LogP contribution in [-0.4, -0.2) is 48.5 Å². The minimum atomic E-state index is -0.757. The Labute approximate surface area is 193 Å². The molecular formula is C25H28N4O4. The number of carbonyl (C=O) groups is 3. The molecule has 2 aromatic carbocycles. The van der Waals surface area contributed by atoms with Crippen molar-refractivity contribution in [3.63, 3.8) is 0 Å². The van der Waals surface area contributed by atoms with Crippen LogP contribution < -0.4 is 10.6 Å². The third-order valence-corrected chi connectivity index (χ3v) is 5.65. The molecule has 0 aliphatic carbocycles. The van der Waals surface area contributed by atoms with Gasteiger partial charge in [0, 0.05) is 18.7 Å². The Hall–Kier alpha value is -3.86. The molecule has 33 heavy (non-hydrogen) atoms. The van der Waals surface area contributed by atoms with E-state index in [0.717, 1.165) is 5.56 Å².